The third kappa shape index (κ3) is 2.75. The van der Waals surface area contributed by atoms with Crippen LogP contribution in [-0.4, -0.2) is 34.4 Å². The van der Waals surface area contributed by atoms with Crippen molar-refractivity contribution >= 4 is 11.6 Å². The lowest BCUT2D eigenvalue weighted by Gasteiger charge is -2.17. The zero-order chi connectivity index (χ0) is 11.4. The topological polar surface area (TPSA) is 69.9 Å². The van der Waals surface area contributed by atoms with Gasteiger partial charge in [-0.3, -0.25) is 0 Å². The summed E-state index contributed by atoms with van der Waals surface area (Å²) in [5.41, 5.74) is 0.226. The molecule has 0 aromatic heterocycles. The average Bonchev–Trinajstić information content (AvgIpc) is 2.26. The molecule has 84 valence electrons. The van der Waals surface area contributed by atoms with Gasteiger partial charge in [0, 0.05) is 11.6 Å². The number of alkyl halides is 1. The lowest BCUT2D eigenvalue weighted by atomic mass is 10.0. The van der Waals surface area contributed by atoms with Crippen LogP contribution in [0, 0.1) is 0 Å². The minimum atomic E-state index is -1.20. The number of benzene rings is 1. The molecule has 1 aromatic carbocycles. The van der Waals surface area contributed by atoms with Gasteiger partial charge in [0.1, 0.15) is 17.6 Å². The van der Waals surface area contributed by atoms with Crippen LogP contribution in [-0.2, 0) is 0 Å². The fourth-order valence-corrected chi connectivity index (χ4v) is 1.36. The summed E-state index contributed by atoms with van der Waals surface area (Å²) in [6.07, 6.45) is -2.31. The third-order valence-corrected chi connectivity index (χ3v) is 2.39. The molecule has 0 radical (unpaired) electrons. The SMILES string of the molecule is COc1ccc(C(O)C(O)CCl)c(O)c1. The molecule has 0 amide bonds. The highest BCUT2D eigenvalue weighted by Crippen LogP contribution is 2.30. The highest BCUT2D eigenvalue weighted by molar-refractivity contribution is 6.18. The molecular weight excluding hydrogens is 220 g/mol. The van der Waals surface area contributed by atoms with E-state index in [1.54, 1.807) is 6.07 Å². The van der Waals surface area contributed by atoms with Crippen molar-refractivity contribution in [1.29, 1.82) is 0 Å². The fraction of sp³-hybridized carbons (Fsp3) is 0.400. The maximum absolute atomic E-state index is 9.60. The second kappa shape index (κ2) is 5.21. The Balaban J connectivity index is 2.95. The van der Waals surface area contributed by atoms with Gasteiger partial charge in [-0.05, 0) is 12.1 Å². The molecule has 0 bridgehead atoms. The fourth-order valence-electron chi connectivity index (χ4n) is 1.19. The minimum Gasteiger partial charge on any atom is -0.507 e. The van der Waals surface area contributed by atoms with E-state index in [-0.39, 0.29) is 17.2 Å². The quantitative estimate of drug-likeness (QED) is 0.679. The lowest BCUT2D eigenvalue weighted by molar-refractivity contribution is 0.0312. The van der Waals surface area contributed by atoms with Crippen LogP contribution < -0.4 is 4.74 Å². The van der Waals surface area contributed by atoms with Crippen molar-refractivity contribution < 1.29 is 20.1 Å². The predicted molar refractivity (Wildman–Crippen MR) is 56.3 cm³/mol. The number of hydrogen-bond acceptors (Lipinski definition) is 4. The van der Waals surface area contributed by atoms with E-state index in [1.807, 2.05) is 0 Å². The van der Waals surface area contributed by atoms with Gasteiger partial charge < -0.3 is 20.1 Å². The Morgan fingerprint density at radius 2 is 2.07 bits per heavy atom. The van der Waals surface area contributed by atoms with Crippen LogP contribution in [0.25, 0.3) is 0 Å². The number of aliphatic hydroxyl groups excluding tert-OH is 2. The summed E-state index contributed by atoms with van der Waals surface area (Å²) in [6.45, 7) is 0. The Hall–Kier alpha value is -0.970. The first-order valence-corrected chi connectivity index (χ1v) is 4.92. The molecule has 2 atom stereocenters. The number of rotatable bonds is 4. The van der Waals surface area contributed by atoms with E-state index in [0.717, 1.165) is 0 Å². The zero-order valence-corrected chi connectivity index (χ0v) is 8.98. The van der Waals surface area contributed by atoms with Crippen molar-refractivity contribution in [2.75, 3.05) is 13.0 Å². The van der Waals surface area contributed by atoms with Gasteiger partial charge in [0.25, 0.3) is 0 Å². The number of ether oxygens (including phenoxy) is 1. The smallest absolute Gasteiger partial charge is 0.125 e. The molecule has 3 N–H and O–H groups in total. The summed E-state index contributed by atoms with van der Waals surface area (Å²) in [6, 6.07) is 4.42. The van der Waals surface area contributed by atoms with Crippen LogP contribution in [0.2, 0.25) is 0 Å². The maximum Gasteiger partial charge on any atom is 0.125 e. The summed E-state index contributed by atoms with van der Waals surface area (Å²) in [5.74, 6) is 0.238. The van der Waals surface area contributed by atoms with E-state index < -0.39 is 12.2 Å². The van der Waals surface area contributed by atoms with Crippen LogP contribution >= 0.6 is 11.6 Å². The van der Waals surface area contributed by atoms with Gasteiger partial charge in [0.15, 0.2) is 0 Å². The first-order valence-electron chi connectivity index (χ1n) is 4.39. The van der Waals surface area contributed by atoms with Crippen molar-refractivity contribution in [3.8, 4) is 11.5 Å². The average molecular weight is 233 g/mol. The van der Waals surface area contributed by atoms with Crippen molar-refractivity contribution in [1.82, 2.24) is 0 Å². The van der Waals surface area contributed by atoms with Crippen molar-refractivity contribution in [3.05, 3.63) is 23.8 Å². The summed E-state index contributed by atoms with van der Waals surface area (Å²) in [5, 5.41) is 28.4. The molecule has 0 heterocycles. The van der Waals surface area contributed by atoms with Gasteiger partial charge in [-0.1, -0.05) is 0 Å². The van der Waals surface area contributed by atoms with Crippen LogP contribution in [0.5, 0.6) is 11.5 Å². The molecule has 2 unspecified atom stereocenters. The van der Waals surface area contributed by atoms with E-state index in [2.05, 4.69) is 0 Å². The first kappa shape index (κ1) is 12.1. The Morgan fingerprint density at radius 3 is 2.53 bits per heavy atom. The van der Waals surface area contributed by atoms with E-state index in [4.69, 9.17) is 16.3 Å². The van der Waals surface area contributed by atoms with Crippen LogP contribution in [0.1, 0.15) is 11.7 Å². The predicted octanol–water partition coefficient (Wildman–Crippen LogP) is 1.03. The summed E-state index contributed by atoms with van der Waals surface area (Å²) < 4.78 is 4.89. The Morgan fingerprint density at radius 1 is 1.40 bits per heavy atom. The largest absolute Gasteiger partial charge is 0.507 e. The molecule has 1 aromatic rings. The highest BCUT2D eigenvalue weighted by Gasteiger charge is 2.20. The summed E-state index contributed by atoms with van der Waals surface area (Å²) in [7, 11) is 1.47. The van der Waals surface area contributed by atoms with Crippen molar-refractivity contribution in [3.63, 3.8) is 0 Å². The third-order valence-electron chi connectivity index (χ3n) is 2.08. The standard InChI is InChI=1S/C10H13ClO4/c1-15-6-2-3-7(8(12)4-6)10(14)9(13)5-11/h2-4,9-10,12-14H,5H2,1H3. The Labute approximate surface area is 92.7 Å². The molecule has 0 saturated heterocycles. The van der Waals surface area contributed by atoms with E-state index in [1.165, 1.54) is 19.2 Å². The van der Waals surface area contributed by atoms with E-state index in [9.17, 15) is 15.3 Å². The van der Waals surface area contributed by atoms with Crippen molar-refractivity contribution in [2.45, 2.75) is 12.2 Å². The number of methoxy groups -OCH3 is 1. The second-order valence-corrected chi connectivity index (χ2v) is 3.40. The van der Waals surface area contributed by atoms with Gasteiger partial charge in [0.2, 0.25) is 0 Å². The van der Waals surface area contributed by atoms with Crippen LogP contribution in [0.4, 0.5) is 0 Å². The number of phenolic OH excluding ortho intramolecular Hbond substituents is 1. The number of hydrogen-bond donors (Lipinski definition) is 3. The molecule has 0 aliphatic carbocycles. The molecule has 15 heavy (non-hydrogen) atoms. The normalized spacial score (nSPS) is 14.7. The minimum absolute atomic E-state index is 0.105. The maximum atomic E-state index is 9.60. The number of aliphatic hydroxyl groups is 2. The van der Waals surface area contributed by atoms with Crippen molar-refractivity contribution in [2.24, 2.45) is 0 Å². The summed E-state index contributed by atoms with van der Waals surface area (Å²) >= 11 is 5.39. The Bertz CT molecular complexity index is 329. The number of halogens is 1. The molecular formula is C10H13ClO4. The number of aromatic hydroxyl groups is 1. The monoisotopic (exact) mass is 232 g/mol. The first-order chi connectivity index (χ1) is 7.10. The lowest BCUT2D eigenvalue weighted by Crippen LogP contribution is -2.19. The molecule has 5 heteroatoms. The van der Waals surface area contributed by atoms with E-state index >= 15 is 0 Å². The highest BCUT2D eigenvalue weighted by atomic mass is 35.5. The van der Waals surface area contributed by atoms with Gasteiger partial charge in [-0.25, -0.2) is 0 Å². The molecule has 0 saturated carbocycles. The molecule has 0 aliphatic rings. The number of phenols is 1. The molecule has 0 spiro atoms. The van der Waals surface area contributed by atoms with Gasteiger partial charge in [-0.15, -0.1) is 11.6 Å². The molecule has 1 rings (SSSR count). The van der Waals surface area contributed by atoms with Gasteiger partial charge >= 0.3 is 0 Å². The van der Waals surface area contributed by atoms with Crippen LogP contribution in [0.3, 0.4) is 0 Å². The molecule has 0 fully saturated rings. The Kier molecular flexibility index (Phi) is 4.20. The summed E-state index contributed by atoms with van der Waals surface area (Å²) in [4.78, 5) is 0. The van der Waals surface area contributed by atoms with Crippen LogP contribution in [0.15, 0.2) is 18.2 Å². The molecule has 4 nitrogen and oxygen atoms in total. The van der Waals surface area contributed by atoms with Gasteiger partial charge in [0.05, 0.1) is 19.1 Å². The zero-order valence-electron chi connectivity index (χ0n) is 8.22. The van der Waals surface area contributed by atoms with E-state index in [0.29, 0.717) is 5.75 Å². The molecule has 0 aliphatic heterocycles. The second-order valence-electron chi connectivity index (χ2n) is 3.09. The van der Waals surface area contributed by atoms with Gasteiger partial charge in [-0.2, -0.15) is 0 Å².